The monoisotopic (exact) mass is 278 g/mol. The molecule has 19 heavy (non-hydrogen) atoms. The third kappa shape index (κ3) is 3.50. The van der Waals surface area contributed by atoms with Gasteiger partial charge in [-0.2, -0.15) is 0 Å². The fourth-order valence-electron chi connectivity index (χ4n) is 1.87. The van der Waals surface area contributed by atoms with E-state index in [0.717, 1.165) is 35.3 Å². The van der Waals surface area contributed by atoms with Gasteiger partial charge in [0.2, 0.25) is 5.91 Å². The molecule has 0 saturated heterocycles. The van der Waals surface area contributed by atoms with Crippen molar-refractivity contribution in [3.63, 3.8) is 0 Å². The predicted molar refractivity (Wildman–Crippen MR) is 80.1 cm³/mol. The number of amidine groups is 1. The van der Waals surface area contributed by atoms with Gasteiger partial charge in [0.05, 0.1) is 12.3 Å². The van der Waals surface area contributed by atoms with Gasteiger partial charge < -0.3 is 4.74 Å². The summed E-state index contributed by atoms with van der Waals surface area (Å²) in [4.78, 5) is 18.0. The van der Waals surface area contributed by atoms with Crippen molar-refractivity contribution in [1.29, 1.82) is 0 Å². The molecule has 0 N–H and O–H groups in total. The SMILES string of the molecule is CCOc1ccc(N(C(C)=O)C2=NCCCS2)cc1. The lowest BCUT2D eigenvalue weighted by atomic mass is 10.3. The average molecular weight is 278 g/mol. The van der Waals surface area contributed by atoms with E-state index < -0.39 is 0 Å². The molecule has 0 aliphatic carbocycles. The molecule has 4 nitrogen and oxygen atoms in total. The number of aliphatic imine (C=N–C) groups is 1. The van der Waals surface area contributed by atoms with Crippen LogP contribution in [0.4, 0.5) is 5.69 Å². The van der Waals surface area contributed by atoms with Crippen molar-refractivity contribution >= 4 is 28.5 Å². The summed E-state index contributed by atoms with van der Waals surface area (Å²) in [6.07, 6.45) is 1.07. The first-order chi connectivity index (χ1) is 9.22. The largest absolute Gasteiger partial charge is 0.494 e. The standard InChI is InChI=1S/C14H18N2O2S/c1-3-18-13-7-5-12(6-8-13)16(11(2)17)14-15-9-4-10-19-14/h5-8H,3-4,9-10H2,1-2H3. The van der Waals surface area contributed by atoms with E-state index in [4.69, 9.17) is 4.74 Å². The number of benzene rings is 1. The number of carbonyl (C=O) groups excluding carboxylic acids is 1. The van der Waals surface area contributed by atoms with Gasteiger partial charge in [0.1, 0.15) is 5.75 Å². The molecular formula is C14H18N2O2S. The summed E-state index contributed by atoms with van der Waals surface area (Å²) in [7, 11) is 0. The summed E-state index contributed by atoms with van der Waals surface area (Å²) in [6.45, 7) is 4.94. The van der Waals surface area contributed by atoms with Gasteiger partial charge in [0, 0.05) is 19.2 Å². The molecule has 1 aliphatic rings. The molecule has 1 aromatic carbocycles. The minimum Gasteiger partial charge on any atom is -0.494 e. The molecule has 0 spiro atoms. The molecule has 1 amide bonds. The van der Waals surface area contributed by atoms with E-state index in [0.29, 0.717) is 6.61 Å². The summed E-state index contributed by atoms with van der Waals surface area (Å²) in [5.74, 6) is 1.81. The van der Waals surface area contributed by atoms with Crippen LogP contribution in [0.5, 0.6) is 5.75 Å². The van der Waals surface area contributed by atoms with Crippen molar-refractivity contribution in [3.8, 4) is 5.75 Å². The molecular weight excluding hydrogens is 260 g/mol. The first kappa shape index (κ1) is 13.9. The van der Waals surface area contributed by atoms with Crippen LogP contribution in [0.1, 0.15) is 20.3 Å². The number of thioether (sulfide) groups is 1. The lowest BCUT2D eigenvalue weighted by Gasteiger charge is -2.24. The topological polar surface area (TPSA) is 41.9 Å². The van der Waals surface area contributed by atoms with Crippen LogP contribution in [-0.4, -0.2) is 30.0 Å². The molecule has 1 aromatic rings. The Hall–Kier alpha value is -1.49. The number of ether oxygens (including phenoxy) is 1. The van der Waals surface area contributed by atoms with E-state index in [-0.39, 0.29) is 5.91 Å². The maximum atomic E-state index is 11.9. The number of nitrogens with zero attached hydrogens (tertiary/aromatic N) is 2. The highest BCUT2D eigenvalue weighted by Gasteiger charge is 2.20. The van der Waals surface area contributed by atoms with Crippen LogP contribution in [0.25, 0.3) is 0 Å². The van der Waals surface area contributed by atoms with Crippen LogP contribution in [0.3, 0.4) is 0 Å². The van der Waals surface area contributed by atoms with Gasteiger partial charge in [0.15, 0.2) is 5.17 Å². The summed E-state index contributed by atoms with van der Waals surface area (Å²) in [6, 6.07) is 7.54. The zero-order chi connectivity index (χ0) is 13.7. The smallest absolute Gasteiger partial charge is 0.230 e. The van der Waals surface area contributed by atoms with E-state index >= 15 is 0 Å². The molecule has 2 rings (SSSR count). The molecule has 1 aliphatic heterocycles. The lowest BCUT2D eigenvalue weighted by Crippen LogP contribution is -2.34. The van der Waals surface area contributed by atoms with Crippen molar-refractivity contribution < 1.29 is 9.53 Å². The van der Waals surface area contributed by atoms with Crippen LogP contribution < -0.4 is 9.64 Å². The second-order valence-electron chi connectivity index (χ2n) is 4.15. The van der Waals surface area contributed by atoms with Gasteiger partial charge >= 0.3 is 0 Å². The van der Waals surface area contributed by atoms with Gasteiger partial charge in [-0.15, -0.1) is 0 Å². The van der Waals surface area contributed by atoms with E-state index in [9.17, 15) is 4.79 Å². The third-order valence-electron chi connectivity index (χ3n) is 2.69. The van der Waals surface area contributed by atoms with Gasteiger partial charge in [-0.25, -0.2) is 0 Å². The minimum absolute atomic E-state index is 0.0164. The number of hydrogen-bond acceptors (Lipinski definition) is 4. The summed E-state index contributed by atoms with van der Waals surface area (Å²) in [5, 5.41) is 0.794. The molecule has 0 atom stereocenters. The van der Waals surface area contributed by atoms with E-state index in [1.807, 2.05) is 31.2 Å². The van der Waals surface area contributed by atoms with Crippen molar-refractivity contribution in [2.24, 2.45) is 4.99 Å². The zero-order valence-corrected chi connectivity index (χ0v) is 12.1. The van der Waals surface area contributed by atoms with Crippen LogP contribution in [-0.2, 0) is 4.79 Å². The second kappa shape index (κ2) is 6.61. The van der Waals surface area contributed by atoms with Crippen LogP contribution in [0.2, 0.25) is 0 Å². The molecule has 0 fully saturated rings. The summed E-state index contributed by atoms with van der Waals surface area (Å²) >= 11 is 1.63. The van der Waals surface area contributed by atoms with Crippen LogP contribution in [0, 0.1) is 0 Å². The predicted octanol–water partition coefficient (Wildman–Crippen LogP) is 2.93. The molecule has 1 heterocycles. The van der Waals surface area contributed by atoms with Gasteiger partial charge in [0.25, 0.3) is 0 Å². The summed E-state index contributed by atoms with van der Waals surface area (Å²) < 4.78 is 5.41. The Morgan fingerprint density at radius 3 is 2.68 bits per heavy atom. The molecule has 0 saturated carbocycles. The first-order valence-corrected chi connectivity index (χ1v) is 7.41. The maximum absolute atomic E-state index is 11.9. The van der Waals surface area contributed by atoms with Crippen LogP contribution in [0.15, 0.2) is 29.3 Å². The van der Waals surface area contributed by atoms with E-state index in [1.165, 1.54) is 0 Å². The fraction of sp³-hybridized carbons (Fsp3) is 0.429. The maximum Gasteiger partial charge on any atom is 0.230 e. The van der Waals surface area contributed by atoms with Gasteiger partial charge in [-0.05, 0) is 37.6 Å². The molecule has 0 radical (unpaired) electrons. The number of hydrogen-bond donors (Lipinski definition) is 0. The fourth-order valence-corrected chi connectivity index (χ4v) is 2.87. The Morgan fingerprint density at radius 2 is 2.16 bits per heavy atom. The molecule has 5 heteroatoms. The van der Waals surface area contributed by atoms with Gasteiger partial charge in [-0.3, -0.25) is 14.7 Å². The Bertz CT molecular complexity index is 471. The highest BCUT2D eigenvalue weighted by atomic mass is 32.2. The lowest BCUT2D eigenvalue weighted by molar-refractivity contribution is -0.115. The number of anilines is 1. The summed E-state index contributed by atoms with van der Waals surface area (Å²) in [5.41, 5.74) is 0.837. The van der Waals surface area contributed by atoms with Crippen molar-refractivity contribution in [1.82, 2.24) is 0 Å². The zero-order valence-electron chi connectivity index (χ0n) is 11.3. The third-order valence-corrected chi connectivity index (χ3v) is 3.76. The van der Waals surface area contributed by atoms with E-state index in [2.05, 4.69) is 4.99 Å². The molecule has 0 aromatic heterocycles. The van der Waals surface area contributed by atoms with Crippen molar-refractivity contribution in [2.45, 2.75) is 20.3 Å². The first-order valence-electron chi connectivity index (χ1n) is 6.43. The van der Waals surface area contributed by atoms with Gasteiger partial charge in [-0.1, -0.05) is 11.8 Å². The Labute approximate surface area is 117 Å². The molecule has 0 bridgehead atoms. The normalized spacial score (nSPS) is 14.7. The Balaban J connectivity index is 2.23. The van der Waals surface area contributed by atoms with E-state index in [1.54, 1.807) is 23.6 Å². The number of carbonyl (C=O) groups is 1. The molecule has 102 valence electrons. The van der Waals surface area contributed by atoms with Crippen LogP contribution >= 0.6 is 11.8 Å². The molecule has 0 unspecified atom stereocenters. The second-order valence-corrected chi connectivity index (χ2v) is 5.21. The highest BCUT2D eigenvalue weighted by Crippen LogP contribution is 2.25. The number of rotatable bonds is 3. The van der Waals surface area contributed by atoms with Crippen molar-refractivity contribution in [2.75, 3.05) is 23.8 Å². The Kier molecular flexibility index (Phi) is 4.85. The quantitative estimate of drug-likeness (QED) is 0.853. The highest BCUT2D eigenvalue weighted by molar-refractivity contribution is 8.14. The van der Waals surface area contributed by atoms with Crippen molar-refractivity contribution in [3.05, 3.63) is 24.3 Å². The number of amides is 1. The average Bonchev–Trinajstić information content (AvgIpc) is 2.42. The Morgan fingerprint density at radius 1 is 1.42 bits per heavy atom. The minimum atomic E-state index is -0.0164.